The summed E-state index contributed by atoms with van der Waals surface area (Å²) in [6.07, 6.45) is -5.14. The highest BCUT2D eigenvalue weighted by Gasteiger charge is 2.38. The third-order valence-corrected chi connectivity index (χ3v) is 7.78. The predicted octanol–water partition coefficient (Wildman–Crippen LogP) is 4.41. The number of piperazine rings is 1. The van der Waals surface area contributed by atoms with Crippen molar-refractivity contribution in [1.29, 1.82) is 0 Å². The van der Waals surface area contributed by atoms with E-state index < -0.39 is 29.4 Å². The Morgan fingerprint density at radius 1 is 1.23 bits per heavy atom. The molecule has 3 aromatic rings. The van der Waals surface area contributed by atoms with Crippen LogP contribution in [0.3, 0.4) is 0 Å². The molecular formula is C23H21ClF4N4O2S. The molecule has 0 spiro atoms. The van der Waals surface area contributed by atoms with E-state index in [1.54, 1.807) is 0 Å². The van der Waals surface area contributed by atoms with Crippen LogP contribution in [0.1, 0.15) is 5.56 Å². The molecule has 2 aromatic carbocycles. The first-order valence-electron chi connectivity index (χ1n) is 10.9. The molecule has 1 aromatic heterocycles. The number of thioether (sulfide) groups is 1. The fourth-order valence-electron chi connectivity index (χ4n) is 4.56. The van der Waals surface area contributed by atoms with Crippen LogP contribution in [0, 0.1) is 5.82 Å². The van der Waals surface area contributed by atoms with Gasteiger partial charge in [0.2, 0.25) is 0 Å². The van der Waals surface area contributed by atoms with Crippen molar-refractivity contribution in [3.8, 4) is 11.1 Å². The third kappa shape index (κ3) is 4.39. The van der Waals surface area contributed by atoms with Crippen LogP contribution in [0.25, 0.3) is 22.0 Å². The van der Waals surface area contributed by atoms with Gasteiger partial charge in [0.15, 0.2) is 0 Å². The van der Waals surface area contributed by atoms with Crippen LogP contribution in [-0.2, 0) is 17.5 Å². The smallest absolute Gasteiger partial charge is 0.379 e. The molecule has 2 aliphatic rings. The minimum absolute atomic E-state index is 0.114. The molecule has 1 atom stereocenters. The number of nitrogens with zero attached hydrogens (tertiary/aromatic N) is 3. The standard InChI is InChI=1S/C23H21ClF4N4O2S/c1-34-13-10-32-19-14(21(30-22(32)33)31-6-4-29-5-7-31)9-15(23(26,27)28)18(20(19)35-11-13)12-2-3-17(25)16(24)8-12/h2-3,8-9,13,29H,4-7,10-11H2,1H3/t13-/m0/s1. The molecule has 0 radical (unpaired) electrons. The van der Waals surface area contributed by atoms with Crippen molar-refractivity contribution in [3.63, 3.8) is 0 Å². The van der Waals surface area contributed by atoms with E-state index in [0.717, 1.165) is 12.1 Å². The molecule has 5 rings (SSSR count). The van der Waals surface area contributed by atoms with Gasteiger partial charge in [-0.15, -0.1) is 11.8 Å². The fourth-order valence-corrected chi connectivity index (χ4v) is 6.06. The molecule has 0 aliphatic carbocycles. The Morgan fingerprint density at radius 3 is 2.63 bits per heavy atom. The van der Waals surface area contributed by atoms with Gasteiger partial charge in [-0.05, 0) is 23.8 Å². The van der Waals surface area contributed by atoms with Crippen LogP contribution in [-0.4, -0.2) is 54.7 Å². The van der Waals surface area contributed by atoms with E-state index in [0.29, 0.717) is 37.4 Å². The topological polar surface area (TPSA) is 59.4 Å². The van der Waals surface area contributed by atoms with Gasteiger partial charge >= 0.3 is 11.9 Å². The highest BCUT2D eigenvalue weighted by molar-refractivity contribution is 7.99. The van der Waals surface area contributed by atoms with Gasteiger partial charge in [-0.2, -0.15) is 18.2 Å². The van der Waals surface area contributed by atoms with Crippen molar-refractivity contribution in [1.82, 2.24) is 14.9 Å². The number of hydrogen-bond acceptors (Lipinski definition) is 6. The molecule has 0 saturated carbocycles. The Hall–Kier alpha value is -2.34. The van der Waals surface area contributed by atoms with Crippen LogP contribution in [0.5, 0.6) is 0 Å². The summed E-state index contributed by atoms with van der Waals surface area (Å²) in [5, 5.41) is 3.15. The zero-order valence-electron chi connectivity index (χ0n) is 18.6. The Kier molecular flexibility index (Phi) is 6.45. The van der Waals surface area contributed by atoms with Crippen LogP contribution in [0.2, 0.25) is 5.02 Å². The van der Waals surface area contributed by atoms with Gasteiger partial charge in [-0.25, -0.2) is 9.18 Å². The molecule has 186 valence electrons. The summed E-state index contributed by atoms with van der Waals surface area (Å²) in [5.41, 5.74) is -1.11. The summed E-state index contributed by atoms with van der Waals surface area (Å²) < 4.78 is 64.3. The first-order chi connectivity index (χ1) is 16.7. The molecule has 12 heteroatoms. The van der Waals surface area contributed by atoms with E-state index in [1.807, 2.05) is 4.90 Å². The molecule has 2 aliphatic heterocycles. The number of anilines is 1. The van der Waals surface area contributed by atoms with Crippen molar-refractivity contribution in [2.24, 2.45) is 0 Å². The predicted molar refractivity (Wildman–Crippen MR) is 128 cm³/mol. The second-order valence-corrected chi connectivity index (χ2v) is 9.82. The Morgan fingerprint density at radius 2 is 1.97 bits per heavy atom. The van der Waals surface area contributed by atoms with Crippen molar-refractivity contribution >= 4 is 40.1 Å². The van der Waals surface area contributed by atoms with Crippen LogP contribution in [0.15, 0.2) is 34.0 Å². The molecule has 35 heavy (non-hydrogen) atoms. The van der Waals surface area contributed by atoms with E-state index in [-0.39, 0.29) is 38.8 Å². The first kappa shape index (κ1) is 24.4. The maximum atomic E-state index is 14.5. The van der Waals surface area contributed by atoms with Gasteiger partial charge in [-0.1, -0.05) is 17.7 Å². The second kappa shape index (κ2) is 9.27. The molecule has 6 nitrogen and oxygen atoms in total. The molecule has 1 N–H and O–H groups in total. The lowest BCUT2D eigenvalue weighted by atomic mass is 9.96. The maximum absolute atomic E-state index is 14.5. The summed E-state index contributed by atoms with van der Waals surface area (Å²) in [6.45, 7) is 2.41. The Bertz CT molecular complexity index is 1360. The first-order valence-corrected chi connectivity index (χ1v) is 12.3. The summed E-state index contributed by atoms with van der Waals surface area (Å²) in [4.78, 5) is 19.5. The molecule has 1 saturated heterocycles. The van der Waals surface area contributed by atoms with Gasteiger partial charge in [0, 0.05) is 54.9 Å². The lowest BCUT2D eigenvalue weighted by molar-refractivity contribution is -0.137. The normalized spacial score (nSPS) is 18.7. The van der Waals surface area contributed by atoms with Crippen LogP contribution in [0.4, 0.5) is 23.4 Å². The Balaban J connectivity index is 1.91. The number of halogens is 5. The van der Waals surface area contributed by atoms with Gasteiger partial charge in [0.05, 0.1) is 28.8 Å². The second-order valence-electron chi connectivity index (χ2n) is 8.39. The van der Waals surface area contributed by atoms with E-state index in [9.17, 15) is 22.4 Å². The van der Waals surface area contributed by atoms with Crippen molar-refractivity contribution in [3.05, 3.63) is 51.2 Å². The average molecular weight is 529 g/mol. The zero-order valence-corrected chi connectivity index (χ0v) is 20.2. The molecule has 0 bridgehead atoms. The van der Waals surface area contributed by atoms with Gasteiger partial charge in [0.1, 0.15) is 11.6 Å². The minimum atomic E-state index is -4.73. The number of rotatable bonds is 3. The molecular weight excluding hydrogens is 508 g/mol. The number of ether oxygens (including phenoxy) is 1. The average Bonchev–Trinajstić information content (AvgIpc) is 3.03. The number of alkyl halides is 3. The number of nitrogens with one attached hydrogen (secondary N) is 1. The number of aromatic nitrogens is 2. The van der Waals surface area contributed by atoms with Gasteiger partial charge in [0.25, 0.3) is 0 Å². The molecule has 3 heterocycles. The van der Waals surface area contributed by atoms with Gasteiger partial charge in [-0.3, -0.25) is 4.57 Å². The lowest BCUT2D eigenvalue weighted by Crippen LogP contribution is -2.45. The van der Waals surface area contributed by atoms with E-state index >= 15 is 0 Å². The molecule has 1 fully saturated rings. The van der Waals surface area contributed by atoms with E-state index in [4.69, 9.17) is 16.3 Å². The highest BCUT2D eigenvalue weighted by atomic mass is 35.5. The lowest BCUT2D eigenvalue weighted by Gasteiger charge is -2.30. The number of benzene rings is 2. The van der Waals surface area contributed by atoms with Crippen LogP contribution >= 0.6 is 23.4 Å². The highest BCUT2D eigenvalue weighted by Crippen LogP contribution is 2.48. The van der Waals surface area contributed by atoms with E-state index in [2.05, 4.69) is 10.3 Å². The fraction of sp³-hybridized carbons (Fsp3) is 0.391. The summed E-state index contributed by atoms with van der Waals surface area (Å²) >= 11 is 7.14. The summed E-state index contributed by atoms with van der Waals surface area (Å²) in [6, 6.07) is 4.55. The quantitative estimate of drug-likeness (QED) is 0.508. The SMILES string of the molecule is CO[C@@H]1CSc2c(-c3ccc(F)c(Cl)c3)c(C(F)(F)F)cc3c(N4CCNCC4)nc(=O)n(c23)C1. The third-order valence-electron chi connectivity index (χ3n) is 6.26. The summed E-state index contributed by atoms with van der Waals surface area (Å²) in [7, 11) is 1.49. The maximum Gasteiger partial charge on any atom is 0.417 e. The van der Waals surface area contributed by atoms with Crippen LogP contribution < -0.4 is 15.9 Å². The largest absolute Gasteiger partial charge is 0.417 e. The van der Waals surface area contributed by atoms with Crippen molar-refractivity contribution in [2.75, 3.05) is 43.9 Å². The number of hydrogen-bond donors (Lipinski definition) is 1. The van der Waals surface area contributed by atoms with E-state index in [1.165, 1.54) is 35.6 Å². The molecule has 0 unspecified atom stereocenters. The molecule has 0 amide bonds. The van der Waals surface area contributed by atoms with Crippen molar-refractivity contribution in [2.45, 2.75) is 23.7 Å². The van der Waals surface area contributed by atoms with Crippen molar-refractivity contribution < 1.29 is 22.3 Å². The Labute approximate surface area is 207 Å². The van der Waals surface area contributed by atoms with Gasteiger partial charge < -0.3 is 15.0 Å². The summed E-state index contributed by atoms with van der Waals surface area (Å²) in [5.74, 6) is -0.182. The minimum Gasteiger partial charge on any atom is -0.379 e. The number of methoxy groups -OCH3 is 1. The monoisotopic (exact) mass is 528 g/mol. The zero-order chi connectivity index (χ0) is 24.9.